The van der Waals surface area contributed by atoms with Gasteiger partial charge in [-0.25, -0.2) is 4.98 Å². The molecule has 0 spiro atoms. The SMILES string of the molecule is CCOc1ccccc1NC(=O)c1sc(-c2ccccc2)nc1C. The third kappa shape index (κ3) is 3.46. The topological polar surface area (TPSA) is 51.2 Å². The molecule has 1 aromatic heterocycles. The molecule has 1 N–H and O–H groups in total. The fourth-order valence-corrected chi connectivity index (χ4v) is 3.31. The summed E-state index contributed by atoms with van der Waals surface area (Å²) in [4.78, 5) is 17.8. The van der Waals surface area contributed by atoms with E-state index in [1.807, 2.05) is 68.4 Å². The van der Waals surface area contributed by atoms with Crippen molar-refractivity contribution in [1.82, 2.24) is 4.98 Å². The summed E-state index contributed by atoms with van der Waals surface area (Å²) in [5.74, 6) is 0.498. The second-order valence-corrected chi connectivity index (χ2v) is 6.18. The average Bonchev–Trinajstić information content (AvgIpc) is 3.00. The Morgan fingerprint density at radius 2 is 1.83 bits per heavy atom. The first-order valence-electron chi connectivity index (χ1n) is 7.75. The molecule has 5 heteroatoms. The van der Waals surface area contributed by atoms with Gasteiger partial charge in [-0.2, -0.15) is 0 Å². The van der Waals surface area contributed by atoms with Gasteiger partial charge in [-0.05, 0) is 26.0 Å². The molecular weight excluding hydrogens is 320 g/mol. The van der Waals surface area contributed by atoms with Crippen LogP contribution in [-0.2, 0) is 0 Å². The molecule has 0 fully saturated rings. The van der Waals surface area contributed by atoms with E-state index in [0.717, 1.165) is 16.3 Å². The minimum atomic E-state index is -0.167. The molecule has 0 radical (unpaired) electrons. The Morgan fingerprint density at radius 1 is 1.12 bits per heavy atom. The Labute approximate surface area is 145 Å². The van der Waals surface area contributed by atoms with Crippen LogP contribution in [0.2, 0.25) is 0 Å². The number of para-hydroxylation sites is 2. The minimum absolute atomic E-state index is 0.167. The lowest BCUT2D eigenvalue weighted by Crippen LogP contribution is -2.12. The molecular formula is C19H18N2O2S. The molecule has 1 heterocycles. The van der Waals surface area contributed by atoms with Crippen molar-refractivity contribution in [3.05, 3.63) is 65.2 Å². The van der Waals surface area contributed by atoms with Gasteiger partial charge in [0.05, 0.1) is 18.0 Å². The van der Waals surface area contributed by atoms with Gasteiger partial charge in [0.2, 0.25) is 0 Å². The average molecular weight is 338 g/mol. The molecule has 1 amide bonds. The number of thiazole rings is 1. The number of aryl methyl sites for hydroxylation is 1. The Morgan fingerprint density at radius 3 is 2.58 bits per heavy atom. The van der Waals surface area contributed by atoms with E-state index in [4.69, 9.17) is 4.74 Å². The number of carbonyl (C=O) groups excluding carboxylic acids is 1. The molecule has 0 saturated carbocycles. The van der Waals surface area contributed by atoms with E-state index in [1.165, 1.54) is 11.3 Å². The van der Waals surface area contributed by atoms with Gasteiger partial charge >= 0.3 is 0 Å². The summed E-state index contributed by atoms with van der Waals surface area (Å²) >= 11 is 1.40. The number of hydrogen-bond acceptors (Lipinski definition) is 4. The van der Waals surface area contributed by atoms with Gasteiger partial charge < -0.3 is 10.1 Å². The monoisotopic (exact) mass is 338 g/mol. The summed E-state index contributed by atoms with van der Waals surface area (Å²) in [6.45, 7) is 4.31. The van der Waals surface area contributed by atoms with Crippen LogP contribution in [0, 0.1) is 6.92 Å². The molecule has 0 aliphatic carbocycles. The Hall–Kier alpha value is -2.66. The van der Waals surface area contributed by atoms with E-state index in [1.54, 1.807) is 0 Å². The molecule has 3 rings (SSSR count). The number of ether oxygens (including phenoxy) is 1. The largest absolute Gasteiger partial charge is 0.492 e. The van der Waals surface area contributed by atoms with Gasteiger partial charge in [-0.15, -0.1) is 11.3 Å². The highest BCUT2D eigenvalue weighted by Crippen LogP contribution is 2.30. The van der Waals surface area contributed by atoms with E-state index in [-0.39, 0.29) is 5.91 Å². The van der Waals surface area contributed by atoms with E-state index in [0.29, 0.717) is 22.9 Å². The number of carbonyl (C=O) groups is 1. The van der Waals surface area contributed by atoms with Crippen LogP contribution in [0.4, 0.5) is 5.69 Å². The van der Waals surface area contributed by atoms with Crippen molar-refractivity contribution in [2.24, 2.45) is 0 Å². The second kappa shape index (κ2) is 7.27. The Bertz CT molecular complexity index is 844. The van der Waals surface area contributed by atoms with Crippen molar-refractivity contribution in [1.29, 1.82) is 0 Å². The lowest BCUT2D eigenvalue weighted by atomic mass is 10.2. The Kier molecular flexibility index (Phi) is 4.91. The van der Waals surface area contributed by atoms with E-state index >= 15 is 0 Å². The fourth-order valence-electron chi connectivity index (χ4n) is 2.34. The van der Waals surface area contributed by atoms with Crippen molar-refractivity contribution in [3.8, 4) is 16.3 Å². The first kappa shape index (κ1) is 16.2. The van der Waals surface area contributed by atoms with Gasteiger partial charge in [-0.3, -0.25) is 4.79 Å². The number of nitrogens with one attached hydrogen (secondary N) is 1. The van der Waals surface area contributed by atoms with Crippen LogP contribution in [0.15, 0.2) is 54.6 Å². The zero-order valence-electron chi connectivity index (χ0n) is 13.6. The molecule has 0 aliphatic heterocycles. The van der Waals surface area contributed by atoms with Gasteiger partial charge in [-0.1, -0.05) is 42.5 Å². The minimum Gasteiger partial charge on any atom is -0.492 e. The number of benzene rings is 2. The highest BCUT2D eigenvalue weighted by Gasteiger charge is 2.17. The first-order chi connectivity index (χ1) is 11.7. The summed E-state index contributed by atoms with van der Waals surface area (Å²) in [5.41, 5.74) is 2.41. The molecule has 0 saturated heterocycles. The predicted octanol–water partition coefficient (Wildman–Crippen LogP) is 4.77. The van der Waals surface area contributed by atoms with Crippen LogP contribution in [-0.4, -0.2) is 17.5 Å². The van der Waals surface area contributed by atoms with Gasteiger partial charge in [0.15, 0.2) is 0 Å². The maximum atomic E-state index is 12.6. The molecule has 0 bridgehead atoms. The standard InChI is InChI=1S/C19H18N2O2S/c1-3-23-16-12-8-7-11-15(16)21-18(22)17-13(2)20-19(24-17)14-9-5-4-6-10-14/h4-12H,3H2,1-2H3,(H,21,22). The Balaban J connectivity index is 1.85. The number of nitrogens with zero attached hydrogens (tertiary/aromatic N) is 1. The third-order valence-corrected chi connectivity index (χ3v) is 4.66. The normalized spacial score (nSPS) is 10.4. The smallest absolute Gasteiger partial charge is 0.267 e. The van der Waals surface area contributed by atoms with Gasteiger partial charge in [0.1, 0.15) is 15.6 Å². The highest BCUT2D eigenvalue weighted by atomic mass is 32.1. The number of aromatic nitrogens is 1. The van der Waals surface area contributed by atoms with Crippen LogP contribution in [0.25, 0.3) is 10.6 Å². The number of amides is 1. The van der Waals surface area contributed by atoms with Gasteiger partial charge in [0.25, 0.3) is 5.91 Å². The number of hydrogen-bond donors (Lipinski definition) is 1. The van der Waals surface area contributed by atoms with Crippen molar-refractivity contribution < 1.29 is 9.53 Å². The molecule has 0 aliphatic rings. The van der Waals surface area contributed by atoms with E-state index in [2.05, 4.69) is 10.3 Å². The molecule has 2 aromatic carbocycles. The van der Waals surface area contributed by atoms with Gasteiger partial charge in [0, 0.05) is 5.56 Å². The number of anilines is 1. The summed E-state index contributed by atoms with van der Waals surface area (Å²) in [6.07, 6.45) is 0. The summed E-state index contributed by atoms with van der Waals surface area (Å²) in [7, 11) is 0. The molecule has 0 unspecified atom stereocenters. The summed E-state index contributed by atoms with van der Waals surface area (Å²) in [5, 5.41) is 3.77. The third-order valence-electron chi connectivity index (χ3n) is 3.46. The molecule has 122 valence electrons. The molecule has 4 nitrogen and oxygen atoms in total. The predicted molar refractivity (Wildman–Crippen MR) is 97.9 cm³/mol. The maximum Gasteiger partial charge on any atom is 0.267 e. The van der Waals surface area contributed by atoms with Crippen molar-refractivity contribution >= 4 is 22.9 Å². The quantitative estimate of drug-likeness (QED) is 0.729. The second-order valence-electron chi connectivity index (χ2n) is 5.18. The van der Waals surface area contributed by atoms with Crippen molar-refractivity contribution in [2.45, 2.75) is 13.8 Å². The van der Waals surface area contributed by atoms with Crippen LogP contribution < -0.4 is 10.1 Å². The summed E-state index contributed by atoms with van der Waals surface area (Å²) in [6, 6.07) is 17.3. The van der Waals surface area contributed by atoms with Crippen LogP contribution in [0.3, 0.4) is 0 Å². The maximum absolute atomic E-state index is 12.6. The van der Waals surface area contributed by atoms with E-state index < -0.39 is 0 Å². The van der Waals surface area contributed by atoms with Crippen molar-refractivity contribution in [2.75, 3.05) is 11.9 Å². The molecule has 24 heavy (non-hydrogen) atoms. The zero-order valence-corrected chi connectivity index (χ0v) is 14.4. The zero-order chi connectivity index (χ0) is 16.9. The number of rotatable bonds is 5. The lowest BCUT2D eigenvalue weighted by Gasteiger charge is -2.10. The van der Waals surface area contributed by atoms with Crippen LogP contribution in [0.1, 0.15) is 22.3 Å². The van der Waals surface area contributed by atoms with E-state index in [9.17, 15) is 4.79 Å². The van der Waals surface area contributed by atoms with Crippen molar-refractivity contribution in [3.63, 3.8) is 0 Å². The highest BCUT2D eigenvalue weighted by molar-refractivity contribution is 7.17. The van der Waals surface area contributed by atoms with Crippen LogP contribution in [0.5, 0.6) is 5.75 Å². The molecule has 3 aromatic rings. The first-order valence-corrected chi connectivity index (χ1v) is 8.56. The van der Waals surface area contributed by atoms with Crippen LogP contribution >= 0.6 is 11.3 Å². The fraction of sp³-hybridized carbons (Fsp3) is 0.158. The lowest BCUT2D eigenvalue weighted by molar-refractivity contribution is 0.102. The molecule has 0 atom stereocenters. The summed E-state index contributed by atoms with van der Waals surface area (Å²) < 4.78 is 5.55.